The van der Waals surface area contributed by atoms with Gasteiger partial charge in [-0.05, 0) is 143 Å². The molecule has 77 heavy (non-hydrogen) atoms. The number of hydrogen-bond donors (Lipinski definition) is 0. The molecule has 1 unspecified atom stereocenters. The van der Waals surface area contributed by atoms with Crippen LogP contribution in [-0.2, 0) is 27.1 Å². The first kappa shape index (κ1) is 49.9. The average Bonchev–Trinajstić information content (AvgIpc) is 3.94. The molecule has 0 heterocycles. The largest absolute Gasteiger partial charge is 0.309 e. The van der Waals surface area contributed by atoms with Crippen LogP contribution in [0.5, 0.6) is 0 Å². The van der Waals surface area contributed by atoms with Crippen molar-refractivity contribution < 1.29 is 0 Å². The zero-order valence-corrected chi connectivity index (χ0v) is 46.9. The zero-order valence-electron chi connectivity index (χ0n) is 46.9. The quantitative estimate of drug-likeness (QED) is 0.147. The Bertz CT molecular complexity index is 3790. The van der Waals surface area contributed by atoms with Crippen LogP contribution in [0.15, 0.2) is 231 Å². The highest BCUT2D eigenvalue weighted by Gasteiger charge is 2.50. The molecule has 1 heteroatoms. The molecule has 380 valence electrons. The van der Waals surface area contributed by atoms with Gasteiger partial charge in [-0.25, -0.2) is 0 Å². The lowest BCUT2D eigenvalue weighted by molar-refractivity contribution is 0.588. The maximum absolute atomic E-state index is 2.61. The monoisotopic (exact) mass is 998 g/mol. The predicted octanol–water partition coefficient (Wildman–Crippen LogP) is 20.1. The van der Waals surface area contributed by atoms with Gasteiger partial charge in [-0.1, -0.05) is 274 Å². The molecule has 2 aliphatic rings. The predicted molar refractivity (Wildman–Crippen MR) is 327 cm³/mol. The van der Waals surface area contributed by atoms with Crippen molar-refractivity contribution in [2.75, 3.05) is 4.90 Å². The minimum atomic E-state index is -0.613. The molecule has 0 bridgehead atoms. The lowest BCUT2D eigenvalue weighted by atomic mass is 9.67. The Labute approximate surface area is 459 Å². The second-order valence-electron chi connectivity index (χ2n) is 25.0. The van der Waals surface area contributed by atoms with Crippen LogP contribution in [0.4, 0.5) is 17.1 Å². The highest BCUT2D eigenvalue weighted by atomic mass is 15.1. The number of aryl methyl sites for hydroxylation is 2. The van der Waals surface area contributed by atoms with Crippen LogP contribution in [0.1, 0.15) is 135 Å². The fourth-order valence-corrected chi connectivity index (χ4v) is 13.2. The molecule has 1 atom stereocenters. The normalized spacial score (nSPS) is 15.4. The molecular formula is C76H71N. The number of nitrogens with zero attached hydrogens (tertiary/aromatic N) is 1. The van der Waals surface area contributed by atoms with Crippen molar-refractivity contribution in [1.82, 2.24) is 0 Å². The number of fused-ring (bicyclic) bond motifs is 6. The van der Waals surface area contributed by atoms with E-state index in [-0.39, 0.29) is 16.2 Å². The molecule has 0 saturated carbocycles. The molecule has 1 nitrogen and oxygen atoms in total. The fraction of sp³-hybridized carbons (Fsp3) is 0.211. The lowest BCUT2D eigenvalue weighted by Crippen LogP contribution is -2.29. The van der Waals surface area contributed by atoms with E-state index < -0.39 is 10.8 Å². The zero-order chi connectivity index (χ0) is 53.6. The highest BCUT2D eigenvalue weighted by molar-refractivity contribution is 6.02. The third-order valence-corrected chi connectivity index (χ3v) is 17.1. The average molecular weight is 998 g/mol. The number of anilines is 3. The molecule has 12 rings (SSSR count). The summed E-state index contributed by atoms with van der Waals surface area (Å²) in [6.07, 6.45) is 0. The summed E-state index contributed by atoms with van der Waals surface area (Å²) in [5.41, 5.74) is 26.4. The van der Waals surface area contributed by atoms with Crippen molar-refractivity contribution in [1.29, 1.82) is 0 Å². The topological polar surface area (TPSA) is 3.24 Å². The van der Waals surface area contributed by atoms with Crippen LogP contribution in [0, 0.1) is 13.8 Å². The molecule has 2 aliphatic carbocycles. The standard InChI is InChI=1S/C76H71N/c1-50-22-19-23-52(48-50)61-47-46-60(49-51(61)2)77(68-32-20-30-66-70(68)62-26-15-17-28-64(62)75(66,56-24-13-12-14-25-56)57-40-34-53(35-41-57)72(3,4)5)69-33-21-31-67-71(69)63-27-16-18-29-65(63)76(67,58-42-36-54(37-43-58)73(6,7)8)59-44-38-55(39-45-59)74(9,10)11/h12-49H,1-11H3. The molecule has 0 amide bonds. The summed E-state index contributed by atoms with van der Waals surface area (Å²) in [6.45, 7) is 25.2. The van der Waals surface area contributed by atoms with Crippen molar-refractivity contribution in [3.63, 3.8) is 0 Å². The third kappa shape index (κ3) is 7.95. The highest BCUT2D eigenvalue weighted by Crippen LogP contribution is 2.63. The van der Waals surface area contributed by atoms with Gasteiger partial charge in [0, 0.05) is 16.8 Å². The van der Waals surface area contributed by atoms with E-state index in [1.165, 1.54) is 106 Å². The van der Waals surface area contributed by atoms with Crippen LogP contribution < -0.4 is 4.90 Å². The molecule has 0 aromatic heterocycles. The van der Waals surface area contributed by atoms with E-state index in [1.807, 2.05) is 0 Å². The maximum Gasteiger partial charge on any atom is 0.0714 e. The first-order valence-corrected chi connectivity index (χ1v) is 27.7. The molecule has 0 fully saturated rings. The molecular weight excluding hydrogens is 927 g/mol. The Morgan fingerprint density at radius 3 is 1.12 bits per heavy atom. The first-order chi connectivity index (χ1) is 36.9. The molecule has 0 radical (unpaired) electrons. The van der Waals surface area contributed by atoms with Gasteiger partial charge in [0.15, 0.2) is 0 Å². The van der Waals surface area contributed by atoms with Crippen molar-refractivity contribution in [2.45, 2.75) is 103 Å². The van der Waals surface area contributed by atoms with E-state index in [0.29, 0.717) is 0 Å². The molecule has 0 spiro atoms. The molecule has 10 aromatic rings. The van der Waals surface area contributed by atoms with Gasteiger partial charge in [0.1, 0.15) is 0 Å². The number of hydrogen-bond acceptors (Lipinski definition) is 1. The summed E-state index contributed by atoms with van der Waals surface area (Å²) in [5, 5.41) is 0. The van der Waals surface area contributed by atoms with Gasteiger partial charge in [0.05, 0.1) is 22.2 Å². The Morgan fingerprint density at radius 2 is 0.701 bits per heavy atom. The van der Waals surface area contributed by atoms with E-state index >= 15 is 0 Å². The summed E-state index contributed by atoms with van der Waals surface area (Å²) in [7, 11) is 0. The van der Waals surface area contributed by atoms with Crippen molar-refractivity contribution >= 4 is 17.1 Å². The van der Waals surface area contributed by atoms with Crippen LogP contribution in [0.2, 0.25) is 0 Å². The second kappa shape index (κ2) is 18.3. The van der Waals surface area contributed by atoms with E-state index in [1.54, 1.807) is 0 Å². The van der Waals surface area contributed by atoms with Crippen LogP contribution in [0.3, 0.4) is 0 Å². The van der Waals surface area contributed by atoms with Crippen LogP contribution in [0.25, 0.3) is 33.4 Å². The Kier molecular flexibility index (Phi) is 11.9. The molecule has 10 aromatic carbocycles. The Balaban J connectivity index is 1.18. The molecule has 0 saturated heterocycles. The van der Waals surface area contributed by atoms with Gasteiger partial charge in [-0.2, -0.15) is 0 Å². The van der Waals surface area contributed by atoms with Gasteiger partial charge in [0.25, 0.3) is 0 Å². The summed E-state index contributed by atoms with van der Waals surface area (Å²) >= 11 is 0. The van der Waals surface area contributed by atoms with Crippen LogP contribution in [-0.4, -0.2) is 0 Å². The van der Waals surface area contributed by atoms with Gasteiger partial charge >= 0.3 is 0 Å². The molecule has 0 N–H and O–H groups in total. The summed E-state index contributed by atoms with van der Waals surface area (Å²) in [5.74, 6) is 0. The summed E-state index contributed by atoms with van der Waals surface area (Å²) in [6, 6.07) is 88.7. The van der Waals surface area contributed by atoms with Gasteiger partial charge in [-0.15, -0.1) is 0 Å². The van der Waals surface area contributed by atoms with Gasteiger partial charge in [0.2, 0.25) is 0 Å². The van der Waals surface area contributed by atoms with Crippen molar-refractivity contribution in [2.24, 2.45) is 0 Å². The number of rotatable bonds is 8. The van der Waals surface area contributed by atoms with E-state index in [4.69, 9.17) is 0 Å². The Hall–Kier alpha value is -8.00. The second-order valence-corrected chi connectivity index (χ2v) is 25.0. The molecule has 0 aliphatic heterocycles. The van der Waals surface area contributed by atoms with Gasteiger partial charge in [-0.3, -0.25) is 0 Å². The first-order valence-electron chi connectivity index (χ1n) is 27.7. The van der Waals surface area contributed by atoms with E-state index in [2.05, 4.69) is 312 Å². The summed E-state index contributed by atoms with van der Waals surface area (Å²) in [4.78, 5) is 2.61. The number of benzene rings is 10. The van der Waals surface area contributed by atoms with E-state index in [9.17, 15) is 0 Å². The minimum Gasteiger partial charge on any atom is -0.309 e. The third-order valence-electron chi connectivity index (χ3n) is 17.1. The fourth-order valence-electron chi connectivity index (χ4n) is 13.2. The van der Waals surface area contributed by atoms with Crippen molar-refractivity contribution in [3.05, 3.63) is 303 Å². The minimum absolute atomic E-state index is 0.00870. The van der Waals surface area contributed by atoms with Crippen molar-refractivity contribution in [3.8, 4) is 33.4 Å². The van der Waals surface area contributed by atoms with Crippen LogP contribution >= 0.6 is 0 Å². The maximum atomic E-state index is 2.61. The lowest BCUT2D eigenvalue weighted by Gasteiger charge is -2.36. The van der Waals surface area contributed by atoms with E-state index in [0.717, 1.165) is 17.1 Å². The smallest absolute Gasteiger partial charge is 0.0714 e. The Morgan fingerprint density at radius 1 is 0.312 bits per heavy atom. The summed E-state index contributed by atoms with van der Waals surface area (Å²) < 4.78 is 0. The van der Waals surface area contributed by atoms with Gasteiger partial charge < -0.3 is 4.90 Å². The SMILES string of the molecule is Cc1cccc(-c2ccc(N(c3cccc4c3-c3ccccc3C4(c3ccccc3)c3ccc(C(C)(C)C)cc3)c3cccc4c3-c3ccccc3C4(c3ccc(C(C)(C)C)cc3)c3ccc(C(C)(C)C)cc3)cc2C)c1.